The van der Waals surface area contributed by atoms with Crippen molar-refractivity contribution < 1.29 is 9.59 Å². The Kier molecular flexibility index (Phi) is 4.38. The molecule has 0 aliphatic carbocycles. The maximum Gasteiger partial charge on any atom is 0.324 e. The van der Waals surface area contributed by atoms with Crippen LogP contribution in [0.2, 0.25) is 0 Å². The number of anilines is 2. The number of benzene rings is 2. The monoisotopic (exact) mass is 320 g/mol. The first-order valence-corrected chi connectivity index (χ1v) is 7.41. The summed E-state index contributed by atoms with van der Waals surface area (Å²) in [5, 5.41) is 12.3. The largest absolute Gasteiger partial charge is 0.324 e. The van der Waals surface area contributed by atoms with Gasteiger partial charge in [0.05, 0.1) is 5.69 Å². The molecule has 0 aliphatic heterocycles. The zero-order valence-corrected chi connectivity index (χ0v) is 13.0. The van der Waals surface area contributed by atoms with E-state index in [2.05, 4.69) is 20.8 Å². The van der Waals surface area contributed by atoms with Gasteiger partial charge in [-0.2, -0.15) is 5.10 Å². The summed E-state index contributed by atoms with van der Waals surface area (Å²) in [5.41, 5.74) is 2.87. The summed E-state index contributed by atoms with van der Waals surface area (Å²) < 4.78 is 0. The number of H-pyrrole nitrogens is 1. The van der Waals surface area contributed by atoms with Crippen LogP contribution in [-0.4, -0.2) is 22.0 Å². The smallest absolute Gasteiger partial charge is 0.308 e. The first kappa shape index (κ1) is 15.5. The number of aromatic amines is 1. The first-order valence-electron chi connectivity index (χ1n) is 7.41. The molecular weight excluding hydrogens is 304 g/mol. The molecule has 0 fully saturated rings. The predicted octanol–water partition coefficient (Wildman–Crippen LogP) is 3.92. The number of carbonyl (C=O) groups is 2. The number of nitrogens with zero attached hydrogens (tertiary/aromatic N) is 1. The van der Waals surface area contributed by atoms with Gasteiger partial charge in [-0.1, -0.05) is 42.5 Å². The van der Waals surface area contributed by atoms with Gasteiger partial charge in [-0.3, -0.25) is 15.2 Å². The van der Waals surface area contributed by atoms with Crippen LogP contribution in [-0.2, 0) is 0 Å². The molecule has 6 heteroatoms. The lowest BCUT2D eigenvalue weighted by Crippen LogP contribution is -2.19. The van der Waals surface area contributed by atoms with Gasteiger partial charge in [0.2, 0.25) is 0 Å². The number of carbonyl (C=O) groups excluding carboxylic acids is 2. The van der Waals surface area contributed by atoms with Crippen molar-refractivity contribution in [1.29, 1.82) is 0 Å². The predicted molar refractivity (Wildman–Crippen MR) is 93.1 cm³/mol. The maximum absolute atomic E-state index is 12.0. The number of aromatic nitrogens is 2. The Hall–Kier alpha value is -3.41. The van der Waals surface area contributed by atoms with E-state index in [0.717, 1.165) is 11.3 Å². The third-order valence-corrected chi connectivity index (χ3v) is 3.43. The van der Waals surface area contributed by atoms with E-state index in [-0.39, 0.29) is 5.78 Å². The van der Waals surface area contributed by atoms with Gasteiger partial charge in [-0.15, -0.1) is 0 Å². The third-order valence-electron chi connectivity index (χ3n) is 3.43. The van der Waals surface area contributed by atoms with Gasteiger partial charge in [-0.05, 0) is 24.6 Å². The fraction of sp³-hybridized carbons (Fsp3) is 0.0556. The molecule has 2 amide bonds. The molecule has 0 saturated carbocycles. The molecule has 2 aromatic carbocycles. The molecular formula is C18H16N4O2. The highest BCUT2D eigenvalue weighted by atomic mass is 16.2. The molecule has 0 radical (unpaired) electrons. The summed E-state index contributed by atoms with van der Waals surface area (Å²) in [7, 11) is 0. The average molecular weight is 320 g/mol. The third kappa shape index (κ3) is 3.67. The SMILES string of the molecule is CC(=O)c1cccc(NC(=O)Nc2cc(-c3ccccc3)[nH]n2)c1. The highest BCUT2D eigenvalue weighted by Gasteiger charge is 2.08. The van der Waals surface area contributed by atoms with Gasteiger partial charge < -0.3 is 5.32 Å². The topological polar surface area (TPSA) is 86.9 Å². The van der Waals surface area contributed by atoms with Gasteiger partial charge in [0.25, 0.3) is 0 Å². The molecule has 3 rings (SSSR count). The molecule has 6 nitrogen and oxygen atoms in total. The Morgan fingerprint density at radius 2 is 1.75 bits per heavy atom. The quantitative estimate of drug-likeness (QED) is 0.637. The van der Waals surface area contributed by atoms with Crippen molar-refractivity contribution in [2.24, 2.45) is 0 Å². The molecule has 1 heterocycles. The van der Waals surface area contributed by atoms with E-state index in [1.165, 1.54) is 6.92 Å². The summed E-state index contributed by atoms with van der Waals surface area (Å²) in [6, 6.07) is 17.8. The van der Waals surface area contributed by atoms with Crippen molar-refractivity contribution >= 4 is 23.3 Å². The second kappa shape index (κ2) is 6.78. The van der Waals surface area contributed by atoms with Crippen LogP contribution in [0, 0.1) is 0 Å². The van der Waals surface area contributed by atoms with E-state index in [1.807, 2.05) is 30.3 Å². The highest BCUT2D eigenvalue weighted by Crippen LogP contribution is 2.19. The molecule has 0 atom stereocenters. The second-order valence-electron chi connectivity index (χ2n) is 5.25. The Balaban J connectivity index is 1.66. The zero-order chi connectivity index (χ0) is 16.9. The maximum atomic E-state index is 12.0. The fourth-order valence-corrected chi connectivity index (χ4v) is 2.25. The lowest BCUT2D eigenvalue weighted by atomic mass is 10.1. The van der Waals surface area contributed by atoms with E-state index >= 15 is 0 Å². The Labute approximate surface area is 138 Å². The van der Waals surface area contributed by atoms with Crippen molar-refractivity contribution in [2.45, 2.75) is 6.92 Å². The molecule has 0 bridgehead atoms. The van der Waals surface area contributed by atoms with Crippen LogP contribution in [0.4, 0.5) is 16.3 Å². The molecule has 0 unspecified atom stereocenters. The van der Waals surface area contributed by atoms with Crippen molar-refractivity contribution in [3.05, 3.63) is 66.2 Å². The van der Waals surface area contributed by atoms with Crippen LogP contribution in [0.3, 0.4) is 0 Å². The molecule has 24 heavy (non-hydrogen) atoms. The Morgan fingerprint density at radius 1 is 0.958 bits per heavy atom. The Bertz CT molecular complexity index is 871. The summed E-state index contributed by atoms with van der Waals surface area (Å²) in [6.45, 7) is 1.48. The van der Waals surface area contributed by atoms with Crippen LogP contribution in [0.5, 0.6) is 0 Å². The van der Waals surface area contributed by atoms with E-state index in [9.17, 15) is 9.59 Å². The molecule has 0 saturated heterocycles. The van der Waals surface area contributed by atoms with Gasteiger partial charge in [0, 0.05) is 17.3 Å². The fourth-order valence-electron chi connectivity index (χ4n) is 2.25. The average Bonchev–Trinajstić information content (AvgIpc) is 3.04. The second-order valence-corrected chi connectivity index (χ2v) is 5.25. The van der Waals surface area contributed by atoms with Crippen molar-refractivity contribution in [2.75, 3.05) is 10.6 Å². The lowest BCUT2D eigenvalue weighted by Gasteiger charge is -2.06. The molecule has 3 aromatic rings. The number of urea groups is 1. The van der Waals surface area contributed by atoms with E-state index < -0.39 is 6.03 Å². The summed E-state index contributed by atoms with van der Waals surface area (Å²) in [5.74, 6) is 0.355. The number of ketones is 1. The number of rotatable bonds is 4. The van der Waals surface area contributed by atoms with Gasteiger partial charge in [0.1, 0.15) is 0 Å². The Morgan fingerprint density at radius 3 is 2.50 bits per heavy atom. The summed E-state index contributed by atoms with van der Waals surface area (Å²) in [6.07, 6.45) is 0. The number of Topliss-reactive ketones (excluding diaryl/α,β-unsaturated/α-hetero) is 1. The van der Waals surface area contributed by atoms with Gasteiger partial charge >= 0.3 is 6.03 Å². The normalized spacial score (nSPS) is 10.2. The van der Waals surface area contributed by atoms with Crippen molar-refractivity contribution in [3.63, 3.8) is 0 Å². The molecule has 0 spiro atoms. The highest BCUT2D eigenvalue weighted by molar-refractivity contribution is 6.01. The van der Waals surface area contributed by atoms with Crippen LogP contribution in [0.25, 0.3) is 11.3 Å². The zero-order valence-electron chi connectivity index (χ0n) is 13.0. The van der Waals surface area contributed by atoms with Gasteiger partial charge in [-0.25, -0.2) is 4.79 Å². The van der Waals surface area contributed by atoms with Crippen molar-refractivity contribution in [1.82, 2.24) is 10.2 Å². The number of hydrogen-bond donors (Lipinski definition) is 3. The standard InChI is InChI=1S/C18H16N4O2/c1-12(23)14-8-5-9-15(10-14)19-18(24)20-17-11-16(21-22-17)13-6-3-2-4-7-13/h2-11H,1H3,(H3,19,20,21,22,24). The number of hydrogen-bond acceptors (Lipinski definition) is 3. The molecule has 1 aromatic heterocycles. The van der Waals surface area contributed by atoms with E-state index in [1.54, 1.807) is 30.3 Å². The first-order chi connectivity index (χ1) is 11.6. The summed E-state index contributed by atoms with van der Waals surface area (Å²) in [4.78, 5) is 23.4. The lowest BCUT2D eigenvalue weighted by molar-refractivity contribution is 0.101. The number of nitrogens with one attached hydrogen (secondary N) is 3. The van der Waals surface area contributed by atoms with Gasteiger partial charge in [0.15, 0.2) is 11.6 Å². The van der Waals surface area contributed by atoms with Crippen LogP contribution in [0.1, 0.15) is 17.3 Å². The minimum Gasteiger partial charge on any atom is -0.308 e. The minimum absolute atomic E-state index is 0.0566. The van der Waals surface area contributed by atoms with E-state index in [4.69, 9.17) is 0 Å². The van der Waals surface area contributed by atoms with E-state index in [0.29, 0.717) is 17.1 Å². The minimum atomic E-state index is -0.429. The number of amides is 2. The molecule has 0 aliphatic rings. The summed E-state index contributed by atoms with van der Waals surface area (Å²) >= 11 is 0. The van der Waals surface area contributed by atoms with Crippen LogP contribution >= 0.6 is 0 Å². The van der Waals surface area contributed by atoms with Crippen molar-refractivity contribution in [3.8, 4) is 11.3 Å². The molecule has 120 valence electrons. The van der Waals surface area contributed by atoms with Crippen LogP contribution < -0.4 is 10.6 Å². The molecule has 3 N–H and O–H groups in total. The van der Waals surface area contributed by atoms with Crippen LogP contribution in [0.15, 0.2) is 60.7 Å².